The highest BCUT2D eigenvalue weighted by atomic mass is 79.9. The van der Waals surface area contributed by atoms with Crippen molar-refractivity contribution in [2.75, 3.05) is 11.9 Å². The Kier molecular flexibility index (Phi) is 7.91. The molecule has 0 atom stereocenters. The molecular formula is C27H22BrFN2O4S. The maximum atomic E-state index is 13.1. The molecule has 0 saturated carbocycles. The maximum Gasteiger partial charge on any atom is 0.294 e. The monoisotopic (exact) mass is 568 g/mol. The van der Waals surface area contributed by atoms with Crippen molar-refractivity contribution in [2.24, 2.45) is 0 Å². The first-order valence-electron chi connectivity index (χ1n) is 11.0. The Morgan fingerprint density at radius 3 is 2.58 bits per heavy atom. The molecule has 184 valence electrons. The van der Waals surface area contributed by atoms with Gasteiger partial charge in [0.15, 0.2) is 0 Å². The number of thioether (sulfide) groups is 1. The first-order valence-corrected chi connectivity index (χ1v) is 12.6. The Bertz CT molecular complexity index is 1370. The molecule has 6 nitrogen and oxygen atoms in total. The summed E-state index contributed by atoms with van der Waals surface area (Å²) in [5, 5.41) is 2.27. The molecule has 1 aliphatic rings. The third-order valence-electron chi connectivity index (χ3n) is 5.62. The lowest BCUT2D eigenvalue weighted by atomic mass is 10.1. The molecule has 36 heavy (non-hydrogen) atoms. The van der Waals surface area contributed by atoms with E-state index in [0.717, 1.165) is 33.4 Å². The van der Waals surface area contributed by atoms with Crippen LogP contribution in [-0.4, -0.2) is 28.5 Å². The third-order valence-corrected chi connectivity index (χ3v) is 7.14. The summed E-state index contributed by atoms with van der Waals surface area (Å²) in [5.41, 5.74) is 4.11. The normalized spacial score (nSPS) is 14.4. The number of imide groups is 1. The number of hydrogen-bond donors (Lipinski definition) is 1. The summed E-state index contributed by atoms with van der Waals surface area (Å²) in [6, 6.07) is 16.8. The number of amides is 3. The summed E-state index contributed by atoms with van der Waals surface area (Å²) in [6.45, 7) is 3.73. The molecule has 9 heteroatoms. The maximum absolute atomic E-state index is 13.1. The second-order valence-electron chi connectivity index (χ2n) is 8.17. The second-order valence-corrected chi connectivity index (χ2v) is 10.0. The van der Waals surface area contributed by atoms with Crippen molar-refractivity contribution < 1.29 is 23.5 Å². The van der Waals surface area contributed by atoms with E-state index < -0.39 is 17.1 Å². The van der Waals surface area contributed by atoms with Crippen molar-refractivity contribution in [2.45, 2.75) is 20.5 Å². The van der Waals surface area contributed by atoms with Crippen LogP contribution in [0.4, 0.5) is 14.9 Å². The topological polar surface area (TPSA) is 75.7 Å². The van der Waals surface area contributed by atoms with Gasteiger partial charge in [-0.25, -0.2) is 4.39 Å². The minimum absolute atomic E-state index is 0.228. The molecule has 0 aliphatic carbocycles. The molecule has 4 rings (SSSR count). The predicted octanol–water partition coefficient (Wildman–Crippen LogP) is 6.46. The van der Waals surface area contributed by atoms with Crippen molar-refractivity contribution in [3.05, 3.63) is 98.1 Å². The van der Waals surface area contributed by atoms with Gasteiger partial charge in [-0.1, -0.05) is 30.3 Å². The fourth-order valence-corrected chi connectivity index (χ4v) is 4.82. The van der Waals surface area contributed by atoms with E-state index in [2.05, 4.69) is 21.2 Å². The molecule has 1 aliphatic heterocycles. The standard InChI is InChI=1S/C27H22BrFN2O4S/c1-16-4-3-5-22(17(16)2)30-25(32)14-31-26(33)24(36-27(31)34)13-19-8-11-23(21(28)12-19)35-15-18-6-9-20(29)10-7-18/h3-13H,14-15H2,1-2H3,(H,30,32)/b24-13-. The Labute approximate surface area is 220 Å². The van der Waals surface area contributed by atoms with E-state index >= 15 is 0 Å². The largest absolute Gasteiger partial charge is 0.488 e. The van der Waals surface area contributed by atoms with Gasteiger partial charge < -0.3 is 10.1 Å². The molecule has 3 aromatic rings. The number of nitrogens with one attached hydrogen (secondary N) is 1. The lowest BCUT2D eigenvalue weighted by Crippen LogP contribution is -2.36. The van der Waals surface area contributed by atoms with Gasteiger partial charge in [-0.2, -0.15) is 0 Å². The molecule has 0 bridgehead atoms. The molecule has 0 aromatic heterocycles. The lowest BCUT2D eigenvalue weighted by Gasteiger charge is -2.14. The van der Waals surface area contributed by atoms with Gasteiger partial charge in [-0.3, -0.25) is 19.3 Å². The Hall–Kier alpha value is -3.43. The van der Waals surface area contributed by atoms with Crippen molar-refractivity contribution in [3.8, 4) is 5.75 Å². The zero-order valence-electron chi connectivity index (χ0n) is 19.5. The van der Waals surface area contributed by atoms with Crippen LogP contribution in [0.25, 0.3) is 6.08 Å². The van der Waals surface area contributed by atoms with Gasteiger partial charge in [0.05, 0.1) is 9.38 Å². The van der Waals surface area contributed by atoms with Gasteiger partial charge in [0.1, 0.15) is 24.7 Å². The minimum Gasteiger partial charge on any atom is -0.488 e. The van der Waals surface area contributed by atoms with E-state index in [4.69, 9.17) is 4.74 Å². The number of aryl methyl sites for hydroxylation is 1. The first-order chi connectivity index (χ1) is 17.2. The molecule has 3 aromatic carbocycles. The molecule has 0 radical (unpaired) electrons. The summed E-state index contributed by atoms with van der Waals surface area (Å²) in [4.78, 5) is 39.0. The molecule has 1 N–H and O–H groups in total. The van der Waals surface area contributed by atoms with E-state index in [1.807, 2.05) is 26.0 Å². The van der Waals surface area contributed by atoms with Crippen LogP contribution in [0.15, 0.2) is 70.0 Å². The van der Waals surface area contributed by atoms with Gasteiger partial charge in [-0.15, -0.1) is 0 Å². The van der Waals surface area contributed by atoms with Gasteiger partial charge in [0.25, 0.3) is 11.1 Å². The van der Waals surface area contributed by atoms with E-state index in [0.29, 0.717) is 21.5 Å². The molecule has 1 saturated heterocycles. The molecule has 0 unspecified atom stereocenters. The van der Waals surface area contributed by atoms with Crippen LogP contribution in [0.5, 0.6) is 5.75 Å². The summed E-state index contributed by atoms with van der Waals surface area (Å²) in [5.74, 6) is -0.699. The van der Waals surface area contributed by atoms with Gasteiger partial charge in [0, 0.05) is 5.69 Å². The minimum atomic E-state index is -0.520. The fraction of sp³-hybridized carbons (Fsp3) is 0.148. The van der Waals surface area contributed by atoms with Crippen LogP contribution >= 0.6 is 27.7 Å². The van der Waals surface area contributed by atoms with Crippen LogP contribution in [0.3, 0.4) is 0 Å². The highest BCUT2D eigenvalue weighted by Gasteiger charge is 2.36. The zero-order valence-corrected chi connectivity index (χ0v) is 21.9. The lowest BCUT2D eigenvalue weighted by molar-refractivity contribution is -0.127. The van der Waals surface area contributed by atoms with Crippen LogP contribution in [0, 0.1) is 19.7 Å². The van der Waals surface area contributed by atoms with Gasteiger partial charge in [-0.05, 0) is 100 Å². The molecule has 1 fully saturated rings. The van der Waals surface area contributed by atoms with E-state index in [1.165, 1.54) is 12.1 Å². The highest BCUT2D eigenvalue weighted by molar-refractivity contribution is 9.10. The van der Waals surface area contributed by atoms with Crippen LogP contribution in [-0.2, 0) is 16.2 Å². The first kappa shape index (κ1) is 25.7. The predicted molar refractivity (Wildman–Crippen MR) is 142 cm³/mol. The third kappa shape index (κ3) is 6.03. The summed E-state index contributed by atoms with van der Waals surface area (Å²) < 4.78 is 19.5. The summed E-state index contributed by atoms with van der Waals surface area (Å²) in [6.07, 6.45) is 1.60. The molecule has 1 heterocycles. The van der Waals surface area contributed by atoms with Crippen LogP contribution < -0.4 is 10.1 Å². The number of carbonyl (C=O) groups is 3. The Balaban J connectivity index is 1.40. The van der Waals surface area contributed by atoms with Gasteiger partial charge in [0.2, 0.25) is 5.91 Å². The average molecular weight is 569 g/mol. The Morgan fingerprint density at radius 1 is 1.11 bits per heavy atom. The number of rotatable bonds is 7. The summed E-state index contributed by atoms with van der Waals surface area (Å²) >= 11 is 4.25. The number of hydrogen-bond acceptors (Lipinski definition) is 5. The summed E-state index contributed by atoms with van der Waals surface area (Å²) in [7, 11) is 0. The average Bonchev–Trinajstić information content (AvgIpc) is 3.10. The number of benzene rings is 3. The molecule has 3 amide bonds. The van der Waals surface area contributed by atoms with E-state index in [-0.39, 0.29) is 23.9 Å². The van der Waals surface area contributed by atoms with Crippen LogP contribution in [0.2, 0.25) is 0 Å². The SMILES string of the molecule is Cc1cccc(NC(=O)CN2C(=O)S/C(=C\c3ccc(OCc4ccc(F)cc4)c(Br)c3)C2=O)c1C. The number of ether oxygens (including phenoxy) is 1. The number of anilines is 1. The Morgan fingerprint density at radius 2 is 1.86 bits per heavy atom. The van der Waals surface area contributed by atoms with Crippen molar-refractivity contribution >= 4 is 56.5 Å². The van der Waals surface area contributed by atoms with E-state index in [1.54, 1.807) is 42.5 Å². The van der Waals surface area contributed by atoms with Gasteiger partial charge >= 0.3 is 0 Å². The van der Waals surface area contributed by atoms with E-state index in [9.17, 15) is 18.8 Å². The van der Waals surface area contributed by atoms with Crippen molar-refractivity contribution in [1.29, 1.82) is 0 Å². The molecule has 0 spiro atoms. The highest BCUT2D eigenvalue weighted by Crippen LogP contribution is 2.34. The number of carbonyl (C=O) groups excluding carboxylic acids is 3. The number of nitrogens with zero attached hydrogens (tertiary/aromatic N) is 1. The smallest absolute Gasteiger partial charge is 0.294 e. The van der Waals surface area contributed by atoms with Crippen LogP contribution in [0.1, 0.15) is 22.3 Å². The molecular weight excluding hydrogens is 547 g/mol. The fourth-order valence-electron chi connectivity index (χ4n) is 3.47. The zero-order chi connectivity index (χ0) is 25.8. The van der Waals surface area contributed by atoms with Crippen molar-refractivity contribution in [3.63, 3.8) is 0 Å². The number of halogens is 2. The second kappa shape index (κ2) is 11.1. The van der Waals surface area contributed by atoms with Crippen molar-refractivity contribution in [1.82, 2.24) is 4.90 Å². The quantitative estimate of drug-likeness (QED) is 0.331.